The number of nitrogens with zero attached hydrogens (tertiary/aromatic N) is 2. The van der Waals surface area contributed by atoms with Gasteiger partial charge in [0.1, 0.15) is 12.6 Å². The van der Waals surface area contributed by atoms with Crippen molar-refractivity contribution in [2.45, 2.75) is 25.6 Å². The van der Waals surface area contributed by atoms with Gasteiger partial charge in [-0.25, -0.2) is 4.79 Å². The molecule has 3 amide bonds. The molecule has 1 fully saturated rings. The number of hydrogen-bond acceptors (Lipinski definition) is 2. The lowest BCUT2D eigenvalue weighted by Crippen LogP contribution is -2.48. The van der Waals surface area contributed by atoms with Crippen LogP contribution < -0.4 is 5.32 Å². The molecule has 1 rings (SSSR count). The lowest BCUT2D eigenvalue weighted by Gasteiger charge is -2.24. The monoisotopic (exact) mass is 267 g/mol. The highest BCUT2D eigenvalue weighted by atomic mass is 19.4. The van der Waals surface area contributed by atoms with Gasteiger partial charge in [0.2, 0.25) is 5.91 Å². The van der Waals surface area contributed by atoms with Crippen molar-refractivity contribution in [1.29, 1.82) is 0 Å². The highest BCUT2D eigenvalue weighted by Gasteiger charge is 2.41. The van der Waals surface area contributed by atoms with Crippen molar-refractivity contribution in [1.82, 2.24) is 15.1 Å². The van der Waals surface area contributed by atoms with Crippen molar-refractivity contribution in [3.63, 3.8) is 0 Å². The second-order valence-electron chi connectivity index (χ2n) is 4.13. The fourth-order valence-electron chi connectivity index (χ4n) is 1.87. The molecule has 1 saturated heterocycles. The van der Waals surface area contributed by atoms with Crippen LogP contribution in [0.2, 0.25) is 0 Å². The molecule has 0 radical (unpaired) electrons. The molecule has 0 aliphatic carbocycles. The smallest absolute Gasteiger partial charge is 0.338 e. The molecule has 0 saturated carbocycles. The van der Waals surface area contributed by atoms with Gasteiger partial charge in [-0.05, 0) is 13.3 Å². The summed E-state index contributed by atoms with van der Waals surface area (Å²) in [7, 11) is 1.41. The Morgan fingerprint density at radius 3 is 2.67 bits per heavy atom. The molecule has 8 heteroatoms. The highest BCUT2D eigenvalue weighted by Crippen LogP contribution is 2.22. The van der Waals surface area contributed by atoms with Gasteiger partial charge < -0.3 is 15.1 Å². The normalized spacial score (nSPS) is 20.2. The van der Waals surface area contributed by atoms with E-state index in [2.05, 4.69) is 5.32 Å². The van der Waals surface area contributed by atoms with Crippen LogP contribution >= 0.6 is 0 Å². The minimum Gasteiger partial charge on any atom is -0.338 e. The lowest BCUT2D eigenvalue weighted by molar-refractivity contribution is -0.158. The summed E-state index contributed by atoms with van der Waals surface area (Å²) in [5, 5.41) is 2.50. The van der Waals surface area contributed by atoms with E-state index in [1.54, 1.807) is 6.92 Å². The van der Waals surface area contributed by atoms with Crippen molar-refractivity contribution in [2.75, 3.05) is 26.7 Å². The average Bonchev–Trinajstić information content (AvgIpc) is 2.58. The number of alkyl halides is 3. The predicted octanol–water partition coefficient (Wildman–Crippen LogP) is 0.811. The maximum Gasteiger partial charge on any atom is 0.406 e. The van der Waals surface area contributed by atoms with Crippen molar-refractivity contribution in [2.24, 2.45) is 0 Å². The second-order valence-corrected chi connectivity index (χ2v) is 4.13. The van der Waals surface area contributed by atoms with Gasteiger partial charge in [-0.2, -0.15) is 13.2 Å². The molecule has 1 heterocycles. The third kappa shape index (κ3) is 3.51. The van der Waals surface area contributed by atoms with Crippen LogP contribution in [0.3, 0.4) is 0 Å². The van der Waals surface area contributed by atoms with Gasteiger partial charge in [0.05, 0.1) is 0 Å². The van der Waals surface area contributed by atoms with Gasteiger partial charge in [-0.3, -0.25) is 4.79 Å². The van der Waals surface area contributed by atoms with Crippen molar-refractivity contribution in [3.05, 3.63) is 0 Å². The first-order valence-corrected chi connectivity index (χ1v) is 5.62. The van der Waals surface area contributed by atoms with Gasteiger partial charge in [-0.15, -0.1) is 0 Å². The number of hydrogen-bond donors (Lipinski definition) is 1. The summed E-state index contributed by atoms with van der Waals surface area (Å²) in [6.07, 6.45) is -4.18. The van der Waals surface area contributed by atoms with Crippen LogP contribution in [0.1, 0.15) is 13.3 Å². The number of nitrogens with one attached hydrogen (secondary N) is 1. The Morgan fingerprint density at radius 2 is 2.17 bits per heavy atom. The third-order valence-corrected chi connectivity index (χ3v) is 2.76. The number of urea groups is 1. The summed E-state index contributed by atoms with van der Waals surface area (Å²) in [5.74, 6) is -0.652. The van der Waals surface area contributed by atoms with E-state index in [0.717, 1.165) is 9.80 Å². The SMILES string of the molecule is CCNC(=O)N(C)C1CCN(CC(F)(F)F)C1=O. The standard InChI is InChI=1S/C10H16F3N3O2/c1-3-14-9(18)15(2)7-4-5-16(8(7)17)6-10(11,12)13/h7H,3-6H2,1-2H3,(H,14,18). The number of likely N-dealkylation sites (tertiary alicyclic amines) is 1. The van der Waals surface area contributed by atoms with Crippen LogP contribution in [0.25, 0.3) is 0 Å². The summed E-state index contributed by atoms with van der Waals surface area (Å²) in [6.45, 7) is 0.882. The second kappa shape index (κ2) is 5.45. The van der Waals surface area contributed by atoms with Crippen molar-refractivity contribution in [3.8, 4) is 0 Å². The van der Waals surface area contributed by atoms with E-state index in [4.69, 9.17) is 0 Å². The Morgan fingerprint density at radius 1 is 1.56 bits per heavy atom. The molecule has 0 aromatic rings. The fraction of sp³-hybridized carbons (Fsp3) is 0.800. The number of rotatable bonds is 3. The van der Waals surface area contributed by atoms with Gasteiger partial charge >= 0.3 is 12.2 Å². The first kappa shape index (κ1) is 14.6. The van der Waals surface area contributed by atoms with Crippen LogP contribution in [0.4, 0.5) is 18.0 Å². The molecular formula is C10H16F3N3O2. The molecule has 1 N–H and O–H groups in total. The van der Waals surface area contributed by atoms with E-state index in [0.29, 0.717) is 6.54 Å². The van der Waals surface area contributed by atoms with E-state index in [1.807, 2.05) is 0 Å². The van der Waals surface area contributed by atoms with E-state index >= 15 is 0 Å². The summed E-state index contributed by atoms with van der Waals surface area (Å²) < 4.78 is 36.6. The fourth-order valence-corrected chi connectivity index (χ4v) is 1.87. The van der Waals surface area contributed by atoms with E-state index in [-0.39, 0.29) is 13.0 Å². The molecule has 1 aliphatic heterocycles. The Hall–Kier alpha value is -1.47. The summed E-state index contributed by atoms with van der Waals surface area (Å²) in [5.41, 5.74) is 0. The first-order chi connectivity index (χ1) is 8.26. The number of amides is 3. The average molecular weight is 267 g/mol. The molecule has 0 bridgehead atoms. The third-order valence-electron chi connectivity index (χ3n) is 2.76. The number of halogens is 3. The molecule has 1 atom stereocenters. The van der Waals surface area contributed by atoms with E-state index in [9.17, 15) is 22.8 Å². The van der Waals surface area contributed by atoms with Gasteiger partial charge in [0, 0.05) is 20.1 Å². The molecule has 18 heavy (non-hydrogen) atoms. The first-order valence-electron chi connectivity index (χ1n) is 5.62. The van der Waals surface area contributed by atoms with Crippen LogP contribution in [0.5, 0.6) is 0 Å². The molecule has 1 unspecified atom stereocenters. The molecule has 0 aromatic carbocycles. The quantitative estimate of drug-likeness (QED) is 0.822. The van der Waals surface area contributed by atoms with E-state index < -0.39 is 30.7 Å². The molecule has 5 nitrogen and oxygen atoms in total. The largest absolute Gasteiger partial charge is 0.406 e. The molecule has 0 spiro atoms. The van der Waals surface area contributed by atoms with Crippen molar-refractivity contribution < 1.29 is 22.8 Å². The predicted molar refractivity (Wildman–Crippen MR) is 57.9 cm³/mol. The molecule has 104 valence electrons. The minimum atomic E-state index is -4.41. The summed E-state index contributed by atoms with van der Waals surface area (Å²) >= 11 is 0. The van der Waals surface area contributed by atoms with Gasteiger partial charge in [-0.1, -0.05) is 0 Å². The number of likely N-dealkylation sites (N-methyl/N-ethyl adjacent to an activating group) is 1. The van der Waals surface area contributed by atoms with E-state index in [1.165, 1.54) is 7.05 Å². The van der Waals surface area contributed by atoms with Gasteiger partial charge in [0.15, 0.2) is 0 Å². The Labute approximate surface area is 103 Å². The van der Waals surface area contributed by atoms with Crippen LogP contribution in [0.15, 0.2) is 0 Å². The minimum absolute atomic E-state index is 0.0206. The zero-order valence-electron chi connectivity index (χ0n) is 10.3. The maximum atomic E-state index is 12.2. The molecule has 1 aliphatic rings. The van der Waals surface area contributed by atoms with Crippen molar-refractivity contribution >= 4 is 11.9 Å². The number of carbonyl (C=O) groups excluding carboxylic acids is 2. The maximum absolute atomic E-state index is 12.2. The Kier molecular flexibility index (Phi) is 4.42. The molecular weight excluding hydrogens is 251 g/mol. The lowest BCUT2D eigenvalue weighted by atomic mass is 10.2. The summed E-state index contributed by atoms with van der Waals surface area (Å²) in [6, 6.07) is -1.26. The zero-order valence-corrected chi connectivity index (χ0v) is 10.3. The topological polar surface area (TPSA) is 52.7 Å². The summed E-state index contributed by atoms with van der Waals surface area (Å²) in [4.78, 5) is 25.1. The Bertz CT molecular complexity index is 333. The Balaban J connectivity index is 2.61. The van der Waals surface area contributed by atoms with Gasteiger partial charge in [0.25, 0.3) is 0 Å². The van der Waals surface area contributed by atoms with Crippen LogP contribution in [0, 0.1) is 0 Å². The number of carbonyl (C=O) groups is 2. The van der Waals surface area contributed by atoms with Crippen LogP contribution in [-0.2, 0) is 4.79 Å². The highest BCUT2D eigenvalue weighted by molar-refractivity contribution is 5.88. The molecule has 0 aromatic heterocycles. The zero-order chi connectivity index (χ0) is 13.9. The van der Waals surface area contributed by atoms with Crippen LogP contribution in [-0.4, -0.2) is 60.6 Å².